The van der Waals surface area contributed by atoms with E-state index in [-0.39, 0.29) is 10.8 Å². The van der Waals surface area contributed by atoms with Gasteiger partial charge >= 0.3 is 0 Å². The number of rotatable bonds is 3. The molecule has 0 radical (unpaired) electrons. The van der Waals surface area contributed by atoms with Crippen LogP contribution in [0.15, 0.2) is 176 Å². The molecule has 0 saturated heterocycles. The third kappa shape index (κ3) is 3.76. The minimum atomic E-state index is -0.428. The normalized spacial score (nSPS) is 15.9. The van der Waals surface area contributed by atoms with Gasteiger partial charge in [0.15, 0.2) is 0 Å². The molecule has 0 aromatic heterocycles. The van der Waals surface area contributed by atoms with Crippen LogP contribution in [0.2, 0.25) is 0 Å². The van der Waals surface area contributed by atoms with E-state index in [0.29, 0.717) is 0 Å². The third-order valence-electron chi connectivity index (χ3n) is 13.8. The Morgan fingerprint density at radius 1 is 0.304 bits per heavy atom. The van der Waals surface area contributed by atoms with Crippen LogP contribution in [-0.4, -0.2) is 0 Å². The van der Waals surface area contributed by atoms with Crippen molar-refractivity contribution in [1.29, 1.82) is 0 Å². The highest BCUT2D eigenvalue weighted by Crippen LogP contribution is 2.64. The lowest BCUT2D eigenvalue weighted by molar-refractivity contribution is 0.656. The number of anilines is 3. The van der Waals surface area contributed by atoms with E-state index in [1.54, 1.807) is 0 Å². The van der Waals surface area contributed by atoms with Gasteiger partial charge in [0.2, 0.25) is 0 Å². The Balaban J connectivity index is 1.19. The number of benzene rings is 8. The summed E-state index contributed by atoms with van der Waals surface area (Å²) in [7, 11) is 0. The quantitative estimate of drug-likeness (QED) is 0.176. The van der Waals surface area contributed by atoms with E-state index in [1.165, 1.54) is 106 Å². The summed E-state index contributed by atoms with van der Waals surface area (Å²) in [5.41, 5.74) is 24.4. The lowest BCUT2D eigenvalue weighted by Gasteiger charge is -2.36. The van der Waals surface area contributed by atoms with Crippen molar-refractivity contribution < 1.29 is 0 Å². The molecule has 12 rings (SSSR count). The Labute approximate surface area is 329 Å². The molecule has 266 valence electrons. The summed E-state index contributed by atoms with van der Waals surface area (Å²) in [6.45, 7) is 9.65. The minimum Gasteiger partial charge on any atom is -0.310 e. The molecule has 1 heteroatoms. The smallest absolute Gasteiger partial charge is 0.0726 e. The van der Waals surface area contributed by atoms with Gasteiger partial charge < -0.3 is 4.90 Å². The van der Waals surface area contributed by atoms with Gasteiger partial charge in [0.25, 0.3) is 0 Å². The molecule has 8 aromatic carbocycles. The van der Waals surface area contributed by atoms with Crippen molar-refractivity contribution >= 4 is 17.1 Å². The highest BCUT2D eigenvalue weighted by molar-refractivity contribution is 5.99. The molecule has 0 unspecified atom stereocenters. The topological polar surface area (TPSA) is 3.24 Å². The van der Waals surface area contributed by atoms with Gasteiger partial charge in [-0.15, -0.1) is 0 Å². The number of hydrogen-bond donors (Lipinski definition) is 0. The van der Waals surface area contributed by atoms with Gasteiger partial charge in [-0.25, -0.2) is 0 Å². The maximum absolute atomic E-state index is 2.63. The molecular weight excluding hydrogens is 675 g/mol. The monoisotopic (exact) mass is 715 g/mol. The minimum absolute atomic E-state index is 0.200. The van der Waals surface area contributed by atoms with Gasteiger partial charge in [0.1, 0.15) is 0 Å². The van der Waals surface area contributed by atoms with Crippen molar-refractivity contribution in [3.63, 3.8) is 0 Å². The van der Waals surface area contributed by atoms with Crippen LogP contribution in [-0.2, 0) is 16.2 Å². The van der Waals surface area contributed by atoms with Crippen LogP contribution < -0.4 is 4.90 Å². The molecule has 1 nitrogen and oxygen atoms in total. The molecule has 0 saturated carbocycles. The third-order valence-corrected chi connectivity index (χ3v) is 13.8. The van der Waals surface area contributed by atoms with Crippen LogP contribution in [0, 0.1) is 0 Å². The van der Waals surface area contributed by atoms with E-state index < -0.39 is 5.41 Å². The summed E-state index contributed by atoms with van der Waals surface area (Å²) in [5.74, 6) is 0. The van der Waals surface area contributed by atoms with E-state index in [2.05, 4.69) is 209 Å². The molecule has 0 fully saturated rings. The Kier molecular flexibility index (Phi) is 6.18. The standard InChI is InChI=1S/C55H41N/c1-53(2)43-24-10-5-20-38(43)41-22-15-29-49(51(41)53)56(50-30-16-23-42-39-21-6-11-25-44(39)54(3,4)52(42)50)34-31-32-40-37-19-9-14-28-47(37)55(48(40)33-34)45-26-12-7-17-35(45)36-18-8-13-27-46(36)55/h5-33H,1-4H3. The first-order valence-corrected chi connectivity index (χ1v) is 20.0. The fraction of sp³-hybridized carbons (Fsp3) is 0.127. The molecule has 56 heavy (non-hydrogen) atoms. The average molecular weight is 716 g/mol. The molecule has 0 amide bonds. The summed E-state index contributed by atoms with van der Waals surface area (Å²) >= 11 is 0. The van der Waals surface area contributed by atoms with Crippen molar-refractivity contribution in [2.75, 3.05) is 4.90 Å². The predicted octanol–water partition coefficient (Wildman–Crippen LogP) is 14.1. The molecule has 0 aliphatic heterocycles. The molecule has 4 aliphatic carbocycles. The highest BCUT2D eigenvalue weighted by Gasteiger charge is 2.52. The summed E-state index contributed by atoms with van der Waals surface area (Å²) in [6, 6.07) is 66.7. The van der Waals surface area contributed by atoms with E-state index in [1.807, 2.05) is 0 Å². The second-order valence-corrected chi connectivity index (χ2v) is 17.2. The first kappa shape index (κ1) is 31.9. The van der Waals surface area contributed by atoms with Gasteiger partial charge in [0.05, 0.1) is 16.8 Å². The number of nitrogens with zero attached hydrogens (tertiary/aromatic N) is 1. The molecule has 0 N–H and O–H groups in total. The zero-order valence-electron chi connectivity index (χ0n) is 32.2. The average Bonchev–Trinajstić information content (AvgIpc) is 3.87. The van der Waals surface area contributed by atoms with E-state index in [4.69, 9.17) is 0 Å². The Bertz CT molecular complexity index is 2820. The lowest BCUT2D eigenvalue weighted by atomic mass is 9.70. The summed E-state index contributed by atoms with van der Waals surface area (Å²) in [4.78, 5) is 2.63. The van der Waals surface area contributed by atoms with Crippen LogP contribution in [0.1, 0.15) is 72.2 Å². The predicted molar refractivity (Wildman–Crippen MR) is 233 cm³/mol. The summed E-state index contributed by atoms with van der Waals surface area (Å²) < 4.78 is 0. The van der Waals surface area contributed by atoms with E-state index in [9.17, 15) is 0 Å². The van der Waals surface area contributed by atoms with Crippen molar-refractivity contribution in [2.24, 2.45) is 0 Å². The first-order chi connectivity index (χ1) is 27.3. The molecule has 0 heterocycles. The molecule has 1 spiro atoms. The van der Waals surface area contributed by atoms with Crippen LogP contribution >= 0.6 is 0 Å². The van der Waals surface area contributed by atoms with Gasteiger partial charge in [0, 0.05) is 16.5 Å². The van der Waals surface area contributed by atoms with Crippen LogP contribution in [0.3, 0.4) is 0 Å². The first-order valence-electron chi connectivity index (χ1n) is 20.0. The Hall–Kier alpha value is -6.44. The fourth-order valence-electron chi connectivity index (χ4n) is 11.6. The maximum atomic E-state index is 2.63. The Morgan fingerprint density at radius 2 is 0.643 bits per heavy atom. The van der Waals surface area contributed by atoms with Crippen molar-refractivity contribution in [3.8, 4) is 44.5 Å². The maximum Gasteiger partial charge on any atom is 0.0726 e. The molecule has 4 aliphatic rings. The SMILES string of the molecule is CC1(C)c2ccccc2-c2cccc(N(c3ccc4c(c3)C3(c5ccccc5-c5ccccc53)c3ccccc3-4)c3cccc4c3C(C)(C)c3ccccc3-4)c21. The lowest BCUT2D eigenvalue weighted by Crippen LogP contribution is -2.27. The highest BCUT2D eigenvalue weighted by atomic mass is 15.2. The van der Waals surface area contributed by atoms with Crippen molar-refractivity contribution in [3.05, 3.63) is 220 Å². The van der Waals surface area contributed by atoms with E-state index in [0.717, 1.165) is 0 Å². The van der Waals surface area contributed by atoms with Crippen molar-refractivity contribution in [1.82, 2.24) is 0 Å². The second kappa shape index (κ2) is 10.9. The molecular formula is C55H41N. The van der Waals surface area contributed by atoms with Crippen LogP contribution in [0.25, 0.3) is 44.5 Å². The van der Waals surface area contributed by atoms with Gasteiger partial charge in [-0.3, -0.25) is 0 Å². The zero-order chi connectivity index (χ0) is 37.6. The van der Waals surface area contributed by atoms with Gasteiger partial charge in [-0.2, -0.15) is 0 Å². The van der Waals surface area contributed by atoms with E-state index >= 15 is 0 Å². The number of hydrogen-bond acceptors (Lipinski definition) is 1. The molecule has 0 atom stereocenters. The summed E-state index contributed by atoms with van der Waals surface area (Å²) in [6.07, 6.45) is 0. The largest absolute Gasteiger partial charge is 0.310 e. The Morgan fingerprint density at radius 3 is 1.07 bits per heavy atom. The zero-order valence-corrected chi connectivity index (χ0v) is 32.2. The fourth-order valence-corrected chi connectivity index (χ4v) is 11.6. The molecule has 0 bridgehead atoms. The van der Waals surface area contributed by atoms with Crippen LogP contribution in [0.5, 0.6) is 0 Å². The number of fused-ring (bicyclic) bond motifs is 16. The summed E-state index contributed by atoms with van der Waals surface area (Å²) in [5, 5.41) is 0. The van der Waals surface area contributed by atoms with Crippen LogP contribution in [0.4, 0.5) is 17.1 Å². The molecule has 8 aromatic rings. The second-order valence-electron chi connectivity index (χ2n) is 17.2. The van der Waals surface area contributed by atoms with Crippen molar-refractivity contribution in [2.45, 2.75) is 43.9 Å². The van der Waals surface area contributed by atoms with Gasteiger partial charge in [-0.1, -0.05) is 179 Å². The van der Waals surface area contributed by atoms with Gasteiger partial charge in [-0.05, 0) is 113 Å².